The van der Waals surface area contributed by atoms with Crippen LogP contribution in [0.15, 0.2) is 22.7 Å². The zero-order chi connectivity index (χ0) is 12.5. The van der Waals surface area contributed by atoms with E-state index in [9.17, 15) is 0 Å². The average Bonchev–Trinajstić information content (AvgIpc) is 2.63. The first-order chi connectivity index (χ1) is 8.74. The molecule has 1 aromatic heterocycles. The second-order valence-electron chi connectivity index (χ2n) is 4.29. The van der Waals surface area contributed by atoms with E-state index in [4.69, 9.17) is 19.7 Å². The molecule has 2 heterocycles. The number of ether oxygens (including phenoxy) is 2. The minimum Gasteiger partial charge on any atom is -0.490 e. The molecule has 94 valence electrons. The number of nitrogen functional groups attached to an aromatic ring is 1. The number of anilines is 1. The summed E-state index contributed by atoms with van der Waals surface area (Å²) in [4.78, 5) is 0. The number of fused-ring (bicyclic) bond motifs is 1. The molecule has 1 aliphatic rings. The molecule has 0 atom stereocenters. The number of aryl methyl sites for hydroxylation is 1. The summed E-state index contributed by atoms with van der Waals surface area (Å²) in [6.07, 6.45) is 0.889. The van der Waals surface area contributed by atoms with Crippen LogP contribution in [-0.4, -0.2) is 18.4 Å². The Balaban J connectivity index is 2.07. The van der Waals surface area contributed by atoms with E-state index in [2.05, 4.69) is 5.16 Å². The fourth-order valence-corrected chi connectivity index (χ4v) is 2.02. The number of aromatic nitrogens is 1. The summed E-state index contributed by atoms with van der Waals surface area (Å²) in [6, 6.07) is 5.59. The van der Waals surface area contributed by atoms with Crippen LogP contribution in [0.5, 0.6) is 11.5 Å². The summed E-state index contributed by atoms with van der Waals surface area (Å²) in [5.41, 5.74) is 8.17. The largest absolute Gasteiger partial charge is 0.490 e. The van der Waals surface area contributed by atoms with Crippen molar-refractivity contribution in [3.63, 3.8) is 0 Å². The van der Waals surface area contributed by atoms with Crippen molar-refractivity contribution >= 4 is 5.88 Å². The van der Waals surface area contributed by atoms with Crippen molar-refractivity contribution in [2.75, 3.05) is 18.9 Å². The molecule has 0 unspecified atom stereocenters. The molecule has 0 aliphatic carbocycles. The van der Waals surface area contributed by atoms with Gasteiger partial charge in [-0.3, -0.25) is 0 Å². The van der Waals surface area contributed by atoms with Crippen LogP contribution in [-0.2, 0) is 0 Å². The van der Waals surface area contributed by atoms with Gasteiger partial charge in [0.2, 0.25) is 5.88 Å². The summed E-state index contributed by atoms with van der Waals surface area (Å²) in [7, 11) is 0. The third kappa shape index (κ3) is 1.88. The SMILES string of the molecule is Cc1cc(-c2cc(N)on2)cc2c1OCCCO2. The van der Waals surface area contributed by atoms with Crippen LogP contribution in [0.3, 0.4) is 0 Å². The molecular formula is C13H14N2O3. The summed E-state index contributed by atoms with van der Waals surface area (Å²) < 4.78 is 16.2. The molecule has 0 radical (unpaired) electrons. The lowest BCUT2D eigenvalue weighted by Gasteiger charge is -2.11. The number of rotatable bonds is 1. The van der Waals surface area contributed by atoms with E-state index in [1.807, 2.05) is 19.1 Å². The van der Waals surface area contributed by atoms with Crippen molar-refractivity contribution in [1.82, 2.24) is 5.16 Å². The van der Waals surface area contributed by atoms with Crippen molar-refractivity contribution < 1.29 is 14.0 Å². The van der Waals surface area contributed by atoms with Gasteiger partial charge in [0.25, 0.3) is 0 Å². The molecule has 5 heteroatoms. The maximum atomic E-state index is 5.68. The summed E-state index contributed by atoms with van der Waals surface area (Å²) in [5, 5.41) is 3.90. The van der Waals surface area contributed by atoms with Gasteiger partial charge in [-0.25, -0.2) is 0 Å². The van der Waals surface area contributed by atoms with Gasteiger partial charge in [0.15, 0.2) is 11.5 Å². The van der Waals surface area contributed by atoms with Crippen molar-refractivity contribution in [2.45, 2.75) is 13.3 Å². The second-order valence-corrected chi connectivity index (χ2v) is 4.29. The molecular weight excluding hydrogens is 232 g/mol. The van der Waals surface area contributed by atoms with Gasteiger partial charge in [-0.15, -0.1) is 0 Å². The molecule has 0 amide bonds. The van der Waals surface area contributed by atoms with Crippen molar-refractivity contribution in [2.24, 2.45) is 0 Å². The van der Waals surface area contributed by atoms with Crippen LogP contribution in [0, 0.1) is 6.92 Å². The number of nitrogens with zero attached hydrogens (tertiary/aromatic N) is 1. The Bertz CT molecular complexity index is 578. The first-order valence-electron chi connectivity index (χ1n) is 5.87. The third-order valence-corrected chi connectivity index (χ3v) is 2.86. The van der Waals surface area contributed by atoms with Gasteiger partial charge in [0.1, 0.15) is 5.69 Å². The first kappa shape index (κ1) is 11.0. The molecule has 1 aromatic carbocycles. The normalized spacial score (nSPS) is 14.3. The van der Waals surface area contributed by atoms with Gasteiger partial charge in [0, 0.05) is 18.1 Å². The van der Waals surface area contributed by atoms with E-state index in [1.54, 1.807) is 6.07 Å². The lowest BCUT2D eigenvalue weighted by molar-refractivity contribution is 0.296. The minimum absolute atomic E-state index is 0.301. The minimum atomic E-state index is 0.301. The number of nitrogens with two attached hydrogens (primary N) is 1. The Morgan fingerprint density at radius 1 is 1.17 bits per heavy atom. The highest BCUT2D eigenvalue weighted by atomic mass is 16.5. The first-order valence-corrected chi connectivity index (χ1v) is 5.87. The maximum absolute atomic E-state index is 5.68. The monoisotopic (exact) mass is 246 g/mol. The lowest BCUT2D eigenvalue weighted by Crippen LogP contribution is -1.97. The number of hydrogen-bond donors (Lipinski definition) is 1. The van der Waals surface area contributed by atoms with E-state index in [-0.39, 0.29) is 0 Å². The predicted octanol–water partition coefficient (Wildman–Crippen LogP) is 2.39. The van der Waals surface area contributed by atoms with Crippen LogP contribution in [0.25, 0.3) is 11.3 Å². The fourth-order valence-electron chi connectivity index (χ4n) is 2.02. The van der Waals surface area contributed by atoms with E-state index >= 15 is 0 Å². The van der Waals surface area contributed by atoms with Gasteiger partial charge in [-0.05, 0) is 24.6 Å². The number of benzene rings is 1. The van der Waals surface area contributed by atoms with E-state index < -0.39 is 0 Å². The molecule has 0 bridgehead atoms. The molecule has 3 rings (SSSR count). The quantitative estimate of drug-likeness (QED) is 0.836. The van der Waals surface area contributed by atoms with E-state index in [1.165, 1.54) is 0 Å². The van der Waals surface area contributed by atoms with E-state index in [0.29, 0.717) is 24.8 Å². The Kier molecular flexibility index (Phi) is 2.59. The Labute approximate surface area is 104 Å². The smallest absolute Gasteiger partial charge is 0.222 e. The van der Waals surface area contributed by atoms with Crippen LogP contribution in [0.4, 0.5) is 5.88 Å². The average molecular weight is 246 g/mol. The third-order valence-electron chi connectivity index (χ3n) is 2.86. The lowest BCUT2D eigenvalue weighted by atomic mass is 10.1. The zero-order valence-corrected chi connectivity index (χ0v) is 10.1. The molecule has 18 heavy (non-hydrogen) atoms. The molecule has 2 aromatic rings. The standard InChI is InChI=1S/C13H14N2O3/c1-8-5-9(10-7-12(14)18-15-10)6-11-13(8)17-4-2-3-16-11/h5-7H,2-4,14H2,1H3. The predicted molar refractivity (Wildman–Crippen MR) is 66.7 cm³/mol. The highest BCUT2D eigenvalue weighted by molar-refractivity contribution is 5.67. The molecule has 0 spiro atoms. The van der Waals surface area contributed by atoms with Gasteiger partial charge in [-0.1, -0.05) is 5.16 Å². The van der Waals surface area contributed by atoms with Crippen molar-refractivity contribution in [3.8, 4) is 22.8 Å². The second kappa shape index (κ2) is 4.25. The van der Waals surface area contributed by atoms with Crippen LogP contribution < -0.4 is 15.2 Å². The van der Waals surface area contributed by atoms with Crippen LogP contribution in [0.2, 0.25) is 0 Å². The van der Waals surface area contributed by atoms with Crippen LogP contribution in [0.1, 0.15) is 12.0 Å². The van der Waals surface area contributed by atoms with Gasteiger partial charge >= 0.3 is 0 Å². The molecule has 0 fully saturated rings. The maximum Gasteiger partial charge on any atom is 0.222 e. The zero-order valence-electron chi connectivity index (χ0n) is 10.1. The molecule has 5 nitrogen and oxygen atoms in total. The highest BCUT2D eigenvalue weighted by Crippen LogP contribution is 2.37. The summed E-state index contributed by atoms with van der Waals surface area (Å²) in [6.45, 7) is 3.33. The Hall–Kier alpha value is -2.17. The van der Waals surface area contributed by atoms with Gasteiger partial charge in [-0.2, -0.15) is 0 Å². The van der Waals surface area contributed by atoms with E-state index in [0.717, 1.165) is 29.0 Å². The topological polar surface area (TPSA) is 70.5 Å². The Morgan fingerprint density at radius 2 is 2.00 bits per heavy atom. The summed E-state index contributed by atoms with van der Waals surface area (Å²) in [5.74, 6) is 1.87. The Morgan fingerprint density at radius 3 is 2.78 bits per heavy atom. The fraction of sp³-hybridized carbons (Fsp3) is 0.308. The van der Waals surface area contributed by atoms with Crippen molar-refractivity contribution in [3.05, 3.63) is 23.8 Å². The highest BCUT2D eigenvalue weighted by Gasteiger charge is 2.16. The molecule has 1 aliphatic heterocycles. The van der Waals surface area contributed by atoms with Gasteiger partial charge < -0.3 is 19.7 Å². The summed E-state index contributed by atoms with van der Waals surface area (Å²) >= 11 is 0. The molecule has 2 N–H and O–H groups in total. The van der Waals surface area contributed by atoms with Crippen molar-refractivity contribution in [1.29, 1.82) is 0 Å². The number of hydrogen-bond acceptors (Lipinski definition) is 5. The molecule has 0 saturated carbocycles. The molecule has 0 saturated heterocycles. The van der Waals surface area contributed by atoms with Gasteiger partial charge in [0.05, 0.1) is 13.2 Å². The van der Waals surface area contributed by atoms with Crippen LogP contribution >= 0.6 is 0 Å².